The van der Waals surface area contributed by atoms with E-state index < -0.39 is 0 Å². The molecule has 0 unspecified atom stereocenters. The van der Waals surface area contributed by atoms with Gasteiger partial charge in [0.2, 0.25) is 0 Å². The van der Waals surface area contributed by atoms with E-state index in [2.05, 4.69) is 11.4 Å². The van der Waals surface area contributed by atoms with Crippen LogP contribution in [-0.2, 0) is 6.54 Å². The first-order valence-corrected chi connectivity index (χ1v) is 5.00. The Balaban J connectivity index is 2.46. The minimum Gasteiger partial charge on any atom is -0.398 e. The molecule has 80 valence electrons. The molecule has 3 nitrogen and oxygen atoms in total. The molecule has 1 aromatic carbocycles. The SMILES string of the molecule is CC(C)(C#N)CNCc1ccccc1N. The van der Waals surface area contributed by atoms with Gasteiger partial charge in [-0.3, -0.25) is 0 Å². The molecule has 0 heterocycles. The molecule has 0 saturated heterocycles. The maximum atomic E-state index is 8.83. The average molecular weight is 203 g/mol. The molecule has 1 aromatic rings. The van der Waals surface area contributed by atoms with E-state index in [-0.39, 0.29) is 5.41 Å². The van der Waals surface area contributed by atoms with Gasteiger partial charge in [-0.15, -0.1) is 0 Å². The lowest BCUT2D eigenvalue weighted by Gasteiger charge is -2.16. The molecule has 0 aliphatic rings. The highest BCUT2D eigenvalue weighted by atomic mass is 14.9. The fourth-order valence-corrected chi connectivity index (χ4v) is 1.24. The van der Waals surface area contributed by atoms with Crippen molar-refractivity contribution in [3.8, 4) is 6.07 Å². The van der Waals surface area contributed by atoms with E-state index in [0.29, 0.717) is 13.1 Å². The summed E-state index contributed by atoms with van der Waals surface area (Å²) < 4.78 is 0. The van der Waals surface area contributed by atoms with Crippen molar-refractivity contribution in [1.29, 1.82) is 5.26 Å². The molecule has 0 aliphatic heterocycles. The lowest BCUT2D eigenvalue weighted by molar-refractivity contribution is 0.445. The maximum absolute atomic E-state index is 8.83. The summed E-state index contributed by atoms with van der Waals surface area (Å²) >= 11 is 0. The highest BCUT2D eigenvalue weighted by Gasteiger charge is 2.15. The van der Waals surface area contributed by atoms with Crippen molar-refractivity contribution >= 4 is 5.69 Å². The molecule has 0 aliphatic carbocycles. The van der Waals surface area contributed by atoms with Gasteiger partial charge in [-0.2, -0.15) is 5.26 Å². The zero-order chi connectivity index (χ0) is 11.3. The van der Waals surface area contributed by atoms with Crippen LogP contribution >= 0.6 is 0 Å². The largest absolute Gasteiger partial charge is 0.398 e. The molecule has 0 saturated carbocycles. The first-order chi connectivity index (χ1) is 7.05. The molecule has 3 heteroatoms. The number of nitrogens with one attached hydrogen (secondary N) is 1. The number of hydrogen-bond donors (Lipinski definition) is 2. The minimum atomic E-state index is -0.330. The van der Waals surface area contributed by atoms with Crippen molar-refractivity contribution in [2.45, 2.75) is 20.4 Å². The Bertz CT molecular complexity index is 363. The van der Waals surface area contributed by atoms with E-state index in [1.807, 2.05) is 38.1 Å². The molecule has 0 spiro atoms. The molecule has 0 bridgehead atoms. The highest BCUT2D eigenvalue weighted by molar-refractivity contribution is 5.46. The van der Waals surface area contributed by atoms with Crippen LogP contribution in [-0.4, -0.2) is 6.54 Å². The van der Waals surface area contributed by atoms with Crippen LogP contribution in [0.4, 0.5) is 5.69 Å². The number of para-hydroxylation sites is 1. The smallest absolute Gasteiger partial charge is 0.0697 e. The summed E-state index contributed by atoms with van der Waals surface area (Å²) in [5.74, 6) is 0. The molecule has 0 aromatic heterocycles. The number of nitrogens with two attached hydrogens (primary N) is 1. The Morgan fingerprint density at radius 3 is 2.67 bits per heavy atom. The number of benzene rings is 1. The standard InChI is InChI=1S/C12H17N3/c1-12(2,8-13)9-15-7-10-5-3-4-6-11(10)14/h3-6,15H,7,9,14H2,1-2H3. The second-order valence-corrected chi connectivity index (χ2v) is 4.30. The lowest BCUT2D eigenvalue weighted by Crippen LogP contribution is -2.27. The molecule has 0 atom stereocenters. The predicted molar refractivity (Wildman–Crippen MR) is 62.0 cm³/mol. The van der Waals surface area contributed by atoms with E-state index in [0.717, 1.165) is 11.3 Å². The molecule has 0 radical (unpaired) electrons. The second-order valence-electron chi connectivity index (χ2n) is 4.30. The topological polar surface area (TPSA) is 61.8 Å². The fraction of sp³-hybridized carbons (Fsp3) is 0.417. The van der Waals surface area contributed by atoms with Crippen molar-refractivity contribution in [3.05, 3.63) is 29.8 Å². The summed E-state index contributed by atoms with van der Waals surface area (Å²) in [6.07, 6.45) is 0. The van der Waals surface area contributed by atoms with Crippen molar-refractivity contribution in [2.24, 2.45) is 5.41 Å². The van der Waals surface area contributed by atoms with Crippen molar-refractivity contribution in [2.75, 3.05) is 12.3 Å². The van der Waals surface area contributed by atoms with Crippen LogP contribution in [0.15, 0.2) is 24.3 Å². The summed E-state index contributed by atoms with van der Waals surface area (Å²) in [7, 11) is 0. The molecule has 0 fully saturated rings. The van der Waals surface area contributed by atoms with Crippen molar-refractivity contribution in [1.82, 2.24) is 5.32 Å². The number of hydrogen-bond acceptors (Lipinski definition) is 3. The normalized spacial score (nSPS) is 11.0. The quantitative estimate of drug-likeness (QED) is 0.735. The molecule has 3 N–H and O–H groups in total. The zero-order valence-electron chi connectivity index (χ0n) is 9.25. The Kier molecular flexibility index (Phi) is 3.70. The van der Waals surface area contributed by atoms with Crippen LogP contribution in [0.5, 0.6) is 0 Å². The highest BCUT2D eigenvalue weighted by Crippen LogP contribution is 2.13. The van der Waals surface area contributed by atoms with Gasteiger partial charge in [-0.1, -0.05) is 18.2 Å². The van der Waals surface area contributed by atoms with Gasteiger partial charge >= 0.3 is 0 Å². The van der Waals surface area contributed by atoms with E-state index in [9.17, 15) is 0 Å². The van der Waals surface area contributed by atoms with Crippen LogP contribution in [0.3, 0.4) is 0 Å². The molecular weight excluding hydrogens is 186 g/mol. The number of nitrogens with zero attached hydrogens (tertiary/aromatic N) is 1. The maximum Gasteiger partial charge on any atom is 0.0697 e. The Morgan fingerprint density at radius 1 is 1.40 bits per heavy atom. The van der Waals surface area contributed by atoms with Crippen LogP contribution in [0.1, 0.15) is 19.4 Å². The Labute approximate surface area is 90.9 Å². The van der Waals surface area contributed by atoms with Crippen LogP contribution < -0.4 is 11.1 Å². The molecule has 15 heavy (non-hydrogen) atoms. The monoisotopic (exact) mass is 203 g/mol. The van der Waals surface area contributed by atoms with Gasteiger partial charge in [-0.25, -0.2) is 0 Å². The van der Waals surface area contributed by atoms with E-state index in [4.69, 9.17) is 11.0 Å². The summed E-state index contributed by atoms with van der Waals surface area (Å²) in [6.45, 7) is 5.19. The van der Waals surface area contributed by atoms with Crippen molar-refractivity contribution < 1.29 is 0 Å². The third-order valence-electron chi connectivity index (χ3n) is 2.24. The summed E-state index contributed by atoms with van der Waals surface area (Å²) in [5, 5.41) is 12.1. The van der Waals surface area contributed by atoms with Gasteiger partial charge in [0.25, 0.3) is 0 Å². The molecule has 1 rings (SSSR count). The minimum absolute atomic E-state index is 0.330. The van der Waals surface area contributed by atoms with E-state index in [1.54, 1.807) is 0 Å². The third kappa shape index (κ3) is 3.61. The summed E-state index contributed by atoms with van der Waals surface area (Å²) in [6, 6.07) is 9.99. The van der Waals surface area contributed by atoms with Crippen LogP contribution in [0.25, 0.3) is 0 Å². The number of rotatable bonds is 4. The number of nitriles is 1. The van der Waals surface area contributed by atoms with Crippen LogP contribution in [0, 0.1) is 16.7 Å². The third-order valence-corrected chi connectivity index (χ3v) is 2.24. The lowest BCUT2D eigenvalue weighted by atomic mass is 9.96. The van der Waals surface area contributed by atoms with Gasteiger partial charge in [0, 0.05) is 18.8 Å². The van der Waals surface area contributed by atoms with Gasteiger partial charge in [0.1, 0.15) is 0 Å². The predicted octanol–water partition coefficient (Wildman–Crippen LogP) is 1.91. The van der Waals surface area contributed by atoms with Crippen LogP contribution in [0.2, 0.25) is 0 Å². The zero-order valence-corrected chi connectivity index (χ0v) is 9.25. The Morgan fingerprint density at radius 2 is 2.07 bits per heavy atom. The second kappa shape index (κ2) is 4.81. The first kappa shape index (κ1) is 11.5. The van der Waals surface area contributed by atoms with E-state index in [1.165, 1.54) is 0 Å². The summed E-state index contributed by atoms with van der Waals surface area (Å²) in [4.78, 5) is 0. The van der Waals surface area contributed by atoms with E-state index >= 15 is 0 Å². The van der Waals surface area contributed by atoms with Gasteiger partial charge < -0.3 is 11.1 Å². The number of anilines is 1. The Hall–Kier alpha value is -1.53. The first-order valence-electron chi connectivity index (χ1n) is 5.00. The summed E-state index contributed by atoms with van der Waals surface area (Å²) in [5.41, 5.74) is 7.33. The van der Waals surface area contributed by atoms with Gasteiger partial charge in [-0.05, 0) is 25.5 Å². The van der Waals surface area contributed by atoms with Crippen molar-refractivity contribution in [3.63, 3.8) is 0 Å². The molecular formula is C12H17N3. The average Bonchev–Trinajstić information content (AvgIpc) is 2.21. The fourth-order valence-electron chi connectivity index (χ4n) is 1.24. The van der Waals surface area contributed by atoms with Gasteiger partial charge in [0.15, 0.2) is 0 Å². The molecule has 0 amide bonds. The number of nitrogen functional groups attached to an aromatic ring is 1. The van der Waals surface area contributed by atoms with Gasteiger partial charge in [0.05, 0.1) is 11.5 Å².